The molecule has 2 aromatic carbocycles. The van der Waals surface area contributed by atoms with Gasteiger partial charge < -0.3 is 5.32 Å². The van der Waals surface area contributed by atoms with E-state index in [0.29, 0.717) is 15.8 Å². The molecule has 2 aromatic heterocycles. The zero-order chi connectivity index (χ0) is 21.3. The van der Waals surface area contributed by atoms with Crippen LogP contribution < -0.4 is 10.0 Å². The van der Waals surface area contributed by atoms with Gasteiger partial charge in [0.1, 0.15) is 10.7 Å². The molecule has 1 amide bonds. The van der Waals surface area contributed by atoms with Crippen molar-refractivity contribution in [3.63, 3.8) is 0 Å². The van der Waals surface area contributed by atoms with Crippen molar-refractivity contribution in [1.82, 2.24) is 9.97 Å². The number of benzene rings is 2. The first kappa shape index (κ1) is 20.2. The molecule has 0 spiro atoms. The molecule has 11 heteroatoms. The Hall–Kier alpha value is -3.08. The summed E-state index contributed by atoms with van der Waals surface area (Å²) in [5.41, 5.74) is 0.370. The molecule has 0 radical (unpaired) electrons. The molecule has 0 saturated carbocycles. The Labute approximate surface area is 179 Å². The SMILES string of the molecule is O=C(Nc1ccc(S(=O)(=O)Nc2ncccn2)cc1)c1sc2cc(F)ccc2c1Cl. The fraction of sp³-hybridized carbons (Fsp3) is 0. The summed E-state index contributed by atoms with van der Waals surface area (Å²) in [7, 11) is -3.88. The van der Waals surface area contributed by atoms with E-state index in [9.17, 15) is 17.6 Å². The molecule has 0 aliphatic rings. The van der Waals surface area contributed by atoms with Crippen LogP contribution in [0.3, 0.4) is 0 Å². The van der Waals surface area contributed by atoms with E-state index in [-0.39, 0.29) is 20.7 Å². The summed E-state index contributed by atoms with van der Waals surface area (Å²) in [5, 5.41) is 3.48. The predicted molar refractivity (Wildman–Crippen MR) is 114 cm³/mol. The molecular weight excluding hydrogens is 451 g/mol. The van der Waals surface area contributed by atoms with Crippen LogP contribution in [0, 0.1) is 5.82 Å². The molecule has 0 bridgehead atoms. The number of amides is 1. The lowest BCUT2D eigenvalue weighted by Gasteiger charge is -2.08. The number of sulfonamides is 1. The molecule has 4 aromatic rings. The van der Waals surface area contributed by atoms with Gasteiger partial charge in [-0.1, -0.05) is 11.6 Å². The molecule has 2 N–H and O–H groups in total. The van der Waals surface area contributed by atoms with Crippen molar-refractivity contribution in [2.45, 2.75) is 4.90 Å². The number of aromatic nitrogens is 2. The maximum Gasteiger partial charge on any atom is 0.267 e. The van der Waals surface area contributed by atoms with Crippen LogP contribution in [0.25, 0.3) is 10.1 Å². The molecule has 2 heterocycles. The molecule has 30 heavy (non-hydrogen) atoms. The summed E-state index contributed by atoms with van der Waals surface area (Å²) in [6.07, 6.45) is 2.83. The molecule has 0 aliphatic carbocycles. The Morgan fingerprint density at radius 2 is 1.77 bits per heavy atom. The quantitative estimate of drug-likeness (QED) is 0.453. The third-order valence-corrected chi connectivity index (χ3v) is 7.01. The monoisotopic (exact) mass is 462 g/mol. The number of nitrogens with zero attached hydrogens (tertiary/aromatic N) is 2. The van der Waals surface area contributed by atoms with Crippen LogP contribution in [-0.2, 0) is 10.0 Å². The van der Waals surface area contributed by atoms with Gasteiger partial charge in [0.15, 0.2) is 0 Å². The van der Waals surface area contributed by atoms with E-state index in [1.807, 2.05) is 0 Å². The van der Waals surface area contributed by atoms with Gasteiger partial charge in [-0.05, 0) is 48.5 Å². The fourth-order valence-electron chi connectivity index (χ4n) is 2.62. The van der Waals surface area contributed by atoms with Gasteiger partial charge >= 0.3 is 0 Å². The minimum Gasteiger partial charge on any atom is -0.321 e. The molecule has 152 valence electrons. The first-order chi connectivity index (χ1) is 14.3. The van der Waals surface area contributed by atoms with Crippen LogP contribution in [0.5, 0.6) is 0 Å². The van der Waals surface area contributed by atoms with Crippen molar-refractivity contribution in [2.75, 3.05) is 10.0 Å². The van der Waals surface area contributed by atoms with E-state index < -0.39 is 21.7 Å². The van der Waals surface area contributed by atoms with E-state index in [0.717, 1.165) is 11.3 Å². The number of thiophene rings is 1. The highest BCUT2D eigenvalue weighted by Gasteiger charge is 2.19. The number of carbonyl (C=O) groups excluding carboxylic acids is 1. The van der Waals surface area contributed by atoms with Crippen LogP contribution in [0.1, 0.15) is 9.67 Å². The van der Waals surface area contributed by atoms with Crippen molar-refractivity contribution < 1.29 is 17.6 Å². The normalized spacial score (nSPS) is 11.4. The molecule has 0 fully saturated rings. The maximum atomic E-state index is 13.4. The molecule has 0 saturated heterocycles. The zero-order valence-electron chi connectivity index (χ0n) is 15.0. The second-order valence-corrected chi connectivity index (χ2v) is 9.15. The summed E-state index contributed by atoms with van der Waals surface area (Å²) in [4.78, 5) is 20.4. The Balaban J connectivity index is 1.52. The van der Waals surface area contributed by atoms with Crippen molar-refractivity contribution in [3.8, 4) is 0 Å². The highest BCUT2D eigenvalue weighted by molar-refractivity contribution is 7.92. The van der Waals surface area contributed by atoms with Gasteiger partial charge in [-0.3, -0.25) is 4.79 Å². The van der Waals surface area contributed by atoms with Crippen molar-refractivity contribution >= 4 is 60.6 Å². The number of fused-ring (bicyclic) bond motifs is 1. The molecule has 0 unspecified atom stereocenters. The average molecular weight is 463 g/mol. The Morgan fingerprint density at radius 3 is 2.47 bits per heavy atom. The lowest BCUT2D eigenvalue weighted by Crippen LogP contribution is -2.15. The summed E-state index contributed by atoms with van der Waals surface area (Å²) in [6, 6.07) is 11.2. The van der Waals surface area contributed by atoms with Gasteiger partial charge in [-0.15, -0.1) is 11.3 Å². The smallest absolute Gasteiger partial charge is 0.267 e. The van der Waals surface area contributed by atoms with E-state index >= 15 is 0 Å². The van der Waals surface area contributed by atoms with Gasteiger partial charge in [0.2, 0.25) is 5.95 Å². The van der Waals surface area contributed by atoms with Crippen molar-refractivity contribution in [1.29, 1.82) is 0 Å². The lowest BCUT2D eigenvalue weighted by atomic mass is 10.2. The number of hydrogen-bond acceptors (Lipinski definition) is 6. The predicted octanol–water partition coefficient (Wildman–Crippen LogP) is 4.54. The second kappa shape index (κ2) is 7.98. The van der Waals surface area contributed by atoms with Crippen LogP contribution in [0.15, 0.2) is 65.8 Å². The zero-order valence-corrected chi connectivity index (χ0v) is 17.4. The van der Waals surface area contributed by atoms with Crippen LogP contribution in [-0.4, -0.2) is 24.3 Å². The minimum atomic E-state index is -3.88. The average Bonchev–Trinajstić information content (AvgIpc) is 3.04. The van der Waals surface area contributed by atoms with Crippen molar-refractivity contribution in [2.24, 2.45) is 0 Å². The summed E-state index contributed by atoms with van der Waals surface area (Å²) >= 11 is 7.33. The summed E-state index contributed by atoms with van der Waals surface area (Å²) < 4.78 is 41.0. The van der Waals surface area contributed by atoms with E-state index in [2.05, 4.69) is 20.0 Å². The number of anilines is 2. The van der Waals surface area contributed by atoms with E-state index in [4.69, 9.17) is 11.6 Å². The third kappa shape index (κ3) is 4.11. The maximum absolute atomic E-state index is 13.4. The highest BCUT2D eigenvalue weighted by Crippen LogP contribution is 2.36. The number of rotatable bonds is 5. The first-order valence-corrected chi connectivity index (χ1v) is 11.1. The van der Waals surface area contributed by atoms with Crippen LogP contribution in [0.4, 0.5) is 16.0 Å². The molecular formula is C19H12ClFN4O3S2. The van der Waals surface area contributed by atoms with Crippen LogP contribution in [0.2, 0.25) is 5.02 Å². The van der Waals surface area contributed by atoms with Gasteiger partial charge in [0.25, 0.3) is 15.9 Å². The number of nitrogens with one attached hydrogen (secondary N) is 2. The van der Waals surface area contributed by atoms with Crippen molar-refractivity contribution in [3.05, 3.63) is 76.6 Å². The van der Waals surface area contributed by atoms with Gasteiger partial charge in [0.05, 0.1) is 9.92 Å². The van der Waals surface area contributed by atoms with Gasteiger partial charge in [0, 0.05) is 28.2 Å². The fourth-order valence-corrected chi connectivity index (χ4v) is 5.02. The largest absolute Gasteiger partial charge is 0.321 e. The molecule has 4 rings (SSSR count). The number of carbonyl (C=O) groups is 1. The lowest BCUT2D eigenvalue weighted by molar-refractivity contribution is 0.103. The summed E-state index contributed by atoms with van der Waals surface area (Å²) in [5.74, 6) is -0.947. The Bertz CT molecular complexity index is 1340. The van der Waals surface area contributed by atoms with E-state index in [1.165, 1.54) is 54.9 Å². The van der Waals surface area contributed by atoms with E-state index in [1.54, 1.807) is 6.07 Å². The highest BCUT2D eigenvalue weighted by atomic mass is 35.5. The van der Waals surface area contributed by atoms with Crippen LogP contribution >= 0.6 is 22.9 Å². The molecule has 0 atom stereocenters. The van der Waals surface area contributed by atoms with Gasteiger partial charge in [-0.2, -0.15) is 0 Å². The third-order valence-electron chi connectivity index (χ3n) is 4.01. The van der Waals surface area contributed by atoms with Gasteiger partial charge in [-0.25, -0.2) is 27.5 Å². The summed E-state index contributed by atoms with van der Waals surface area (Å²) in [6.45, 7) is 0. The molecule has 7 nitrogen and oxygen atoms in total. The topological polar surface area (TPSA) is 101 Å². The Morgan fingerprint density at radius 1 is 1.07 bits per heavy atom. The number of hydrogen-bond donors (Lipinski definition) is 2. The first-order valence-electron chi connectivity index (χ1n) is 8.42. The Kier molecular flexibility index (Phi) is 5.37. The minimum absolute atomic E-state index is 0.0247. The molecule has 0 aliphatic heterocycles. The standard InChI is InChI=1S/C19H12ClFN4O3S2/c20-16-14-7-2-11(21)10-15(14)29-17(16)18(26)24-12-3-5-13(6-4-12)30(27,28)25-19-22-8-1-9-23-19/h1-10H,(H,24,26)(H,22,23,25). The number of halogens is 2. The second-order valence-electron chi connectivity index (χ2n) is 6.04.